The third kappa shape index (κ3) is 8.20. The molecule has 16 heavy (non-hydrogen) atoms. The van der Waals surface area contributed by atoms with Gasteiger partial charge in [-0.2, -0.15) is 0 Å². The molecule has 1 amide bonds. The quantitative estimate of drug-likeness (QED) is 0.193. The van der Waals surface area contributed by atoms with Crippen molar-refractivity contribution >= 4 is 5.91 Å². The van der Waals surface area contributed by atoms with Gasteiger partial charge in [0.15, 0.2) is 0 Å². The predicted molar refractivity (Wildman–Crippen MR) is 67.6 cm³/mol. The molecule has 0 aromatic heterocycles. The van der Waals surface area contributed by atoms with Crippen LogP contribution in [0.3, 0.4) is 0 Å². The molecule has 0 aromatic rings. The zero-order valence-corrected chi connectivity index (χ0v) is 9.95. The van der Waals surface area contributed by atoms with Gasteiger partial charge < -0.3 is 0 Å². The fourth-order valence-corrected chi connectivity index (χ4v) is 1.49. The van der Waals surface area contributed by atoms with Crippen LogP contribution in [-0.4, -0.2) is 30.4 Å². The third-order valence-corrected chi connectivity index (χ3v) is 2.31. The summed E-state index contributed by atoms with van der Waals surface area (Å²) in [7, 11) is 0. The minimum absolute atomic E-state index is 0.0889. The van der Waals surface area contributed by atoms with Gasteiger partial charge in [-0.25, -0.2) is 5.84 Å². The second-order valence-electron chi connectivity index (χ2n) is 3.72. The number of carbonyl (C=O) groups is 1. The fourth-order valence-electron chi connectivity index (χ4n) is 1.49. The van der Waals surface area contributed by atoms with Crippen LogP contribution in [0.15, 0.2) is 25.3 Å². The Morgan fingerprint density at radius 2 is 1.81 bits per heavy atom. The van der Waals surface area contributed by atoms with E-state index in [-0.39, 0.29) is 5.91 Å². The average Bonchev–Trinajstić information content (AvgIpc) is 2.28. The first kappa shape index (κ1) is 14.9. The number of rotatable bonds is 10. The maximum absolute atomic E-state index is 10.8. The molecule has 0 fully saturated rings. The molecule has 0 saturated heterocycles. The second-order valence-corrected chi connectivity index (χ2v) is 3.72. The number of nitrogens with one attached hydrogen (secondary N) is 1. The lowest BCUT2D eigenvalue weighted by Gasteiger charge is -2.18. The Labute approximate surface area is 98.2 Å². The van der Waals surface area contributed by atoms with Crippen molar-refractivity contribution in [1.29, 1.82) is 0 Å². The summed E-state index contributed by atoms with van der Waals surface area (Å²) >= 11 is 0. The predicted octanol–water partition coefficient (Wildman–Crippen LogP) is 1.21. The zero-order valence-electron chi connectivity index (χ0n) is 9.95. The molecule has 0 radical (unpaired) electrons. The van der Waals surface area contributed by atoms with Crippen molar-refractivity contribution in [3.05, 3.63) is 25.3 Å². The van der Waals surface area contributed by atoms with Gasteiger partial charge in [0, 0.05) is 19.5 Å². The topological polar surface area (TPSA) is 58.4 Å². The molecule has 4 nitrogen and oxygen atoms in total. The maximum atomic E-state index is 10.8. The summed E-state index contributed by atoms with van der Waals surface area (Å²) in [6.07, 6.45) is 7.31. The van der Waals surface area contributed by atoms with Gasteiger partial charge in [0.2, 0.25) is 5.91 Å². The zero-order chi connectivity index (χ0) is 12.2. The van der Waals surface area contributed by atoms with Crippen LogP contribution < -0.4 is 11.3 Å². The Bertz CT molecular complexity index is 206. The molecule has 0 unspecified atom stereocenters. The van der Waals surface area contributed by atoms with Gasteiger partial charge >= 0.3 is 0 Å². The van der Waals surface area contributed by atoms with Gasteiger partial charge in [-0.1, -0.05) is 18.6 Å². The lowest BCUT2D eigenvalue weighted by atomic mass is 10.2. The van der Waals surface area contributed by atoms with Crippen molar-refractivity contribution in [2.45, 2.75) is 25.7 Å². The van der Waals surface area contributed by atoms with E-state index in [0.29, 0.717) is 6.42 Å². The van der Waals surface area contributed by atoms with E-state index < -0.39 is 0 Å². The largest absolute Gasteiger partial charge is 0.296 e. The van der Waals surface area contributed by atoms with E-state index >= 15 is 0 Å². The van der Waals surface area contributed by atoms with Crippen molar-refractivity contribution < 1.29 is 4.79 Å². The summed E-state index contributed by atoms with van der Waals surface area (Å²) in [6.45, 7) is 10.2. The summed E-state index contributed by atoms with van der Waals surface area (Å²) in [6, 6.07) is 0. The molecule has 0 aliphatic rings. The molecule has 0 rings (SSSR count). The first-order valence-corrected chi connectivity index (χ1v) is 5.68. The Kier molecular flexibility index (Phi) is 9.66. The van der Waals surface area contributed by atoms with Crippen LogP contribution in [-0.2, 0) is 4.79 Å². The number of amides is 1. The molecule has 0 atom stereocenters. The Balaban J connectivity index is 3.49. The normalized spacial score (nSPS) is 10.1. The average molecular weight is 225 g/mol. The highest BCUT2D eigenvalue weighted by Crippen LogP contribution is 2.02. The molecule has 4 heteroatoms. The first-order chi connectivity index (χ1) is 7.74. The van der Waals surface area contributed by atoms with Gasteiger partial charge in [0.25, 0.3) is 0 Å². The SMILES string of the molecule is C=CCN(CC=C)CCCCCC(=O)NN. The summed E-state index contributed by atoms with van der Waals surface area (Å²) < 4.78 is 0. The minimum atomic E-state index is -0.0889. The van der Waals surface area contributed by atoms with Crippen LogP contribution in [0.25, 0.3) is 0 Å². The summed E-state index contributed by atoms with van der Waals surface area (Å²) in [5.41, 5.74) is 2.13. The fraction of sp³-hybridized carbons (Fsp3) is 0.583. The summed E-state index contributed by atoms with van der Waals surface area (Å²) in [5, 5.41) is 0. The van der Waals surface area contributed by atoms with Crippen LogP contribution in [0.2, 0.25) is 0 Å². The smallest absolute Gasteiger partial charge is 0.233 e. The van der Waals surface area contributed by atoms with E-state index in [1.807, 2.05) is 12.2 Å². The van der Waals surface area contributed by atoms with Crippen LogP contribution in [0, 0.1) is 0 Å². The maximum Gasteiger partial charge on any atom is 0.233 e. The van der Waals surface area contributed by atoms with Gasteiger partial charge in [0.1, 0.15) is 0 Å². The Morgan fingerprint density at radius 1 is 1.19 bits per heavy atom. The number of nitrogens with two attached hydrogens (primary N) is 1. The van der Waals surface area contributed by atoms with Crippen LogP contribution in [0.5, 0.6) is 0 Å². The van der Waals surface area contributed by atoms with Crippen molar-refractivity contribution in [2.24, 2.45) is 5.84 Å². The van der Waals surface area contributed by atoms with Crippen molar-refractivity contribution in [3.63, 3.8) is 0 Å². The standard InChI is InChI=1S/C12H23N3O/c1-3-9-15(10-4-2)11-7-5-6-8-12(16)14-13/h3-4H,1-2,5-11,13H2,(H,14,16). The van der Waals surface area contributed by atoms with E-state index in [9.17, 15) is 4.79 Å². The van der Waals surface area contributed by atoms with E-state index in [2.05, 4.69) is 23.5 Å². The molecule has 0 heterocycles. The molecule has 0 bridgehead atoms. The molecular formula is C12H23N3O. The summed E-state index contributed by atoms with van der Waals surface area (Å²) in [4.78, 5) is 13.1. The summed E-state index contributed by atoms with van der Waals surface area (Å²) in [5.74, 6) is 4.90. The third-order valence-electron chi connectivity index (χ3n) is 2.31. The van der Waals surface area contributed by atoms with E-state index in [1.54, 1.807) is 0 Å². The number of hydrazine groups is 1. The first-order valence-electron chi connectivity index (χ1n) is 5.68. The number of hydrogen-bond acceptors (Lipinski definition) is 3. The van der Waals surface area contributed by atoms with Crippen LogP contribution >= 0.6 is 0 Å². The highest BCUT2D eigenvalue weighted by molar-refractivity contribution is 5.74. The van der Waals surface area contributed by atoms with Crippen molar-refractivity contribution in [2.75, 3.05) is 19.6 Å². The number of nitrogens with zero attached hydrogens (tertiary/aromatic N) is 1. The molecule has 0 aliphatic heterocycles. The van der Waals surface area contributed by atoms with Gasteiger partial charge in [-0.3, -0.25) is 15.1 Å². The molecular weight excluding hydrogens is 202 g/mol. The molecule has 92 valence electrons. The molecule has 0 saturated carbocycles. The highest BCUT2D eigenvalue weighted by Gasteiger charge is 2.01. The van der Waals surface area contributed by atoms with Crippen molar-refractivity contribution in [1.82, 2.24) is 10.3 Å². The second kappa shape index (κ2) is 10.4. The minimum Gasteiger partial charge on any atom is -0.296 e. The Hall–Kier alpha value is -1.13. The van der Waals surface area contributed by atoms with Gasteiger partial charge in [-0.15, -0.1) is 13.2 Å². The van der Waals surface area contributed by atoms with E-state index in [1.165, 1.54) is 0 Å². The lowest BCUT2D eigenvalue weighted by molar-refractivity contribution is -0.121. The molecule has 0 aliphatic carbocycles. The number of carbonyl (C=O) groups excluding carboxylic acids is 1. The van der Waals surface area contributed by atoms with Gasteiger partial charge in [-0.05, 0) is 19.4 Å². The molecule has 0 aromatic carbocycles. The number of hydrogen-bond donors (Lipinski definition) is 2. The van der Waals surface area contributed by atoms with Crippen molar-refractivity contribution in [3.8, 4) is 0 Å². The van der Waals surface area contributed by atoms with Crippen LogP contribution in [0.4, 0.5) is 0 Å². The van der Waals surface area contributed by atoms with E-state index in [4.69, 9.17) is 5.84 Å². The molecule has 0 spiro atoms. The van der Waals surface area contributed by atoms with Gasteiger partial charge in [0.05, 0.1) is 0 Å². The lowest BCUT2D eigenvalue weighted by Crippen LogP contribution is -2.29. The Morgan fingerprint density at radius 3 is 2.31 bits per heavy atom. The van der Waals surface area contributed by atoms with E-state index in [0.717, 1.165) is 38.9 Å². The van der Waals surface area contributed by atoms with Crippen LogP contribution in [0.1, 0.15) is 25.7 Å². The molecule has 3 N–H and O–H groups in total. The number of unbranched alkanes of at least 4 members (excludes halogenated alkanes) is 2. The monoisotopic (exact) mass is 225 g/mol. The highest BCUT2D eigenvalue weighted by atomic mass is 16.2.